The second-order valence-corrected chi connectivity index (χ2v) is 27.3. The van der Waals surface area contributed by atoms with Crippen molar-refractivity contribution in [3.05, 3.63) is 207 Å². The van der Waals surface area contributed by atoms with Gasteiger partial charge in [-0.3, -0.25) is 0 Å². The fraction of sp³-hybridized carbons (Fsp3) is 0.333. The van der Waals surface area contributed by atoms with Gasteiger partial charge in [-0.25, -0.2) is 0 Å². The molecule has 0 amide bonds. The van der Waals surface area contributed by atoms with E-state index in [4.69, 9.17) is 0 Å². The predicted octanol–water partition coefficient (Wildman–Crippen LogP) is 18.0. The van der Waals surface area contributed by atoms with E-state index in [9.17, 15) is 0 Å². The van der Waals surface area contributed by atoms with E-state index in [1.807, 2.05) is 0 Å². The van der Waals surface area contributed by atoms with Crippen LogP contribution in [0.4, 0.5) is 0 Å². The number of hydrogen-bond donors (Lipinski definition) is 0. The zero-order valence-electron chi connectivity index (χ0n) is 52.4. The lowest BCUT2D eigenvalue weighted by molar-refractivity contribution is 0.398. The zero-order chi connectivity index (χ0) is 57.9. The van der Waals surface area contributed by atoms with E-state index in [1.54, 1.807) is 11.1 Å². The van der Waals surface area contributed by atoms with Gasteiger partial charge in [0, 0.05) is 38.3 Å². The molecule has 3 heterocycles. The molecule has 0 fully saturated rings. The minimum atomic E-state index is -0.213. The molecule has 9 aromatic carbocycles. The number of benzene rings is 9. The van der Waals surface area contributed by atoms with Gasteiger partial charge in [-0.15, -0.1) is 0 Å². The van der Waals surface area contributed by atoms with Gasteiger partial charge in [0.2, 0.25) is 13.4 Å². The van der Waals surface area contributed by atoms with Crippen molar-refractivity contribution in [1.29, 1.82) is 0 Å². The van der Waals surface area contributed by atoms with Gasteiger partial charge in [-0.2, -0.15) is 0 Å². The molecule has 0 atom stereocenters. The van der Waals surface area contributed by atoms with Crippen LogP contribution in [0, 0.1) is 48.5 Å². The summed E-state index contributed by atoms with van der Waals surface area (Å²) in [6.07, 6.45) is 18.4. The number of rotatable bonds is 18. The van der Waals surface area contributed by atoms with Crippen molar-refractivity contribution in [2.45, 2.75) is 177 Å². The molecule has 0 saturated heterocycles. The van der Waals surface area contributed by atoms with Gasteiger partial charge < -0.3 is 4.57 Å². The third-order valence-electron chi connectivity index (χ3n) is 21.4. The lowest BCUT2D eigenvalue weighted by atomic mass is 9.30. The summed E-state index contributed by atoms with van der Waals surface area (Å²) < 4.78 is 2.71. The molecular formula is C81H85B2N. The second kappa shape index (κ2) is 21.2. The molecule has 420 valence electrons. The van der Waals surface area contributed by atoms with Crippen molar-refractivity contribution in [2.75, 3.05) is 0 Å². The Hall–Kier alpha value is -7.09. The van der Waals surface area contributed by atoms with E-state index < -0.39 is 0 Å². The molecule has 0 spiro atoms. The Morgan fingerprint density at radius 1 is 0.357 bits per heavy atom. The topological polar surface area (TPSA) is 4.93 Å². The summed E-state index contributed by atoms with van der Waals surface area (Å²) in [7, 11) is 0. The summed E-state index contributed by atoms with van der Waals surface area (Å²) in [5.74, 6) is 0. The fourth-order valence-corrected chi connectivity index (χ4v) is 17.7. The smallest absolute Gasteiger partial charge is 0.247 e. The molecular weight excluding hydrogens is 1010 g/mol. The molecule has 0 N–H and O–H groups in total. The Balaban J connectivity index is 0.903. The van der Waals surface area contributed by atoms with Crippen LogP contribution in [-0.4, -0.2) is 18.0 Å². The predicted molar refractivity (Wildman–Crippen MR) is 367 cm³/mol. The third-order valence-corrected chi connectivity index (χ3v) is 21.4. The molecule has 1 aromatic heterocycles. The molecule has 4 aliphatic rings. The maximum Gasteiger partial charge on any atom is 0.247 e. The van der Waals surface area contributed by atoms with Crippen LogP contribution in [0.1, 0.15) is 179 Å². The maximum atomic E-state index is 2.71. The van der Waals surface area contributed by atoms with Crippen LogP contribution in [0.3, 0.4) is 0 Å². The highest BCUT2D eigenvalue weighted by molar-refractivity contribution is 7.02. The number of para-hydroxylation sites is 2. The van der Waals surface area contributed by atoms with Crippen LogP contribution >= 0.6 is 0 Å². The minimum Gasteiger partial charge on any atom is -0.311 e. The van der Waals surface area contributed by atoms with Gasteiger partial charge in [-0.1, -0.05) is 276 Å². The van der Waals surface area contributed by atoms with E-state index in [0.29, 0.717) is 0 Å². The van der Waals surface area contributed by atoms with Crippen molar-refractivity contribution in [1.82, 2.24) is 4.57 Å². The Labute approximate surface area is 503 Å². The van der Waals surface area contributed by atoms with Gasteiger partial charge in [0.25, 0.3) is 0 Å². The number of aryl methyl sites for hydroxylation is 7. The number of aromatic nitrogens is 1. The molecule has 0 saturated carbocycles. The average molecular weight is 1090 g/mol. The van der Waals surface area contributed by atoms with E-state index in [1.165, 1.54) is 245 Å². The van der Waals surface area contributed by atoms with Gasteiger partial charge >= 0.3 is 0 Å². The third kappa shape index (κ3) is 8.46. The standard InChI is InChI=1S/C81H85B2N/c1-12-14-16-18-20-24-38-81(39-25-21-19-17-15-13-2)67-31-23-22-28-60(67)61-36-34-58(46-70(61)81)57-35-37-62-66-44-52(5)65(49-69(66)80(10,11)68(62)45-57)59-47-73-79-74(48-59)83(76-55(8)42-51(4)43-56(76)9)72-33-27-30-64-63-29-26-32-71(77(63)84(79)78(64)72)82(73)75-53(6)40-50(3)41-54(75)7/h22-23,26-37,40-49H,12-21,24-25,38-39H2,1-11H3. The molecule has 2 aliphatic carbocycles. The van der Waals surface area contributed by atoms with Crippen molar-refractivity contribution in [3.63, 3.8) is 0 Å². The summed E-state index contributed by atoms with van der Waals surface area (Å²) in [6.45, 7) is 26.1. The Morgan fingerprint density at radius 3 is 1.36 bits per heavy atom. The minimum absolute atomic E-state index is 0.0511. The first-order valence-electron chi connectivity index (χ1n) is 32.7. The Kier molecular flexibility index (Phi) is 13.8. The van der Waals surface area contributed by atoms with E-state index in [0.717, 1.165) is 0 Å². The first-order valence-corrected chi connectivity index (χ1v) is 32.7. The van der Waals surface area contributed by atoms with Gasteiger partial charge in [-0.05, 0) is 174 Å². The summed E-state index contributed by atoms with van der Waals surface area (Å²) in [5.41, 5.74) is 39.1. The first kappa shape index (κ1) is 54.8. The van der Waals surface area contributed by atoms with E-state index in [-0.39, 0.29) is 24.3 Å². The summed E-state index contributed by atoms with van der Waals surface area (Å²) in [5, 5.41) is 2.72. The Bertz CT molecular complexity index is 4100. The van der Waals surface area contributed by atoms with Crippen molar-refractivity contribution in [2.24, 2.45) is 0 Å². The SMILES string of the molecule is CCCCCCCCC1(CCCCCCCC)c2ccccc2-c2ccc(-c3ccc4c(c3)C(C)(C)c3cc(-c5cc6c7c(c5)B(c5c(C)cc(C)cc5C)c5cccc8c9cccc(c9n-7c58)B6c5c(C)cc(C)cc5C)c(C)cc3-4)cc21. The molecule has 10 aromatic rings. The number of unbranched alkanes of at least 4 members (excludes halogenated alkanes) is 10. The number of nitrogens with zero attached hydrogens (tertiary/aromatic N) is 1. The summed E-state index contributed by atoms with van der Waals surface area (Å²) >= 11 is 0. The molecule has 3 heteroatoms. The number of hydrogen-bond acceptors (Lipinski definition) is 0. The van der Waals surface area contributed by atoms with Crippen LogP contribution in [-0.2, 0) is 10.8 Å². The van der Waals surface area contributed by atoms with Crippen molar-refractivity contribution >= 4 is 68.0 Å². The lowest BCUT2D eigenvalue weighted by Gasteiger charge is -2.36. The second-order valence-electron chi connectivity index (χ2n) is 27.3. The van der Waals surface area contributed by atoms with Crippen molar-refractivity contribution < 1.29 is 0 Å². The maximum absolute atomic E-state index is 2.71. The average Bonchev–Trinajstić information content (AvgIpc) is 1.45. The molecule has 2 aliphatic heterocycles. The van der Waals surface area contributed by atoms with E-state index >= 15 is 0 Å². The summed E-state index contributed by atoms with van der Waals surface area (Å²) in [6, 6.07) is 59.1. The van der Waals surface area contributed by atoms with Gasteiger partial charge in [0.1, 0.15) is 0 Å². The highest BCUT2D eigenvalue weighted by Crippen LogP contribution is 2.56. The summed E-state index contributed by atoms with van der Waals surface area (Å²) in [4.78, 5) is 0. The molecule has 1 nitrogen and oxygen atoms in total. The molecule has 0 bridgehead atoms. The lowest BCUT2D eigenvalue weighted by Crippen LogP contribution is -2.64. The molecule has 0 unspecified atom stereocenters. The zero-order valence-corrected chi connectivity index (χ0v) is 52.4. The van der Waals surface area contributed by atoms with Crippen molar-refractivity contribution in [3.8, 4) is 50.2 Å². The molecule has 14 rings (SSSR count). The van der Waals surface area contributed by atoms with Crippen LogP contribution in [0.5, 0.6) is 0 Å². The molecule has 0 radical (unpaired) electrons. The largest absolute Gasteiger partial charge is 0.311 e. The number of fused-ring (bicyclic) bond motifs is 7. The Morgan fingerprint density at radius 2 is 0.821 bits per heavy atom. The molecule has 84 heavy (non-hydrogen) atoms. The van der Waals surface area contributed by atoms with Crippen LogP contribution in [0.25, 0.3) is 72.0 Å². The first-order chi connectivity index (χ1) is 40.7. The van der Waals surface area contributed by atoms with E-state index in [2.05, 4.69) is 226 Å². The fourth-order valence-electron chi connectivity index (χ4n) is 17.7. The van der Waals surface area contributed by atoms with Crippen LogP contribution in [0.15, 0.2) is 146 Å². The highest BCUT2D eigenvalue weighted by atomic mass is 15.0. The quantitative estimate of drug-likeness (QED) is 0.0596. The van der Waals surface area contributed by atoms with Gasteiger partial charge in [0.15, 0.2) is 0 Å². The van der Waals surface area contributed by atoms with Crippen LogP contribution < -0.4 is 32.8 Å². The normalized spacial score (nSPS) is 14.5. The monoisotopic (exact) mass is 1090 g/mol. The van der Waals surface area contributed by atoms with Crippen LogP contribution in [0.2, 0.25) is 0 Å². The highest BCUT2D eigenvalue weighted by Gasteiger charge is 2.45. The van der Waals surface area contributed by atoms with Gasteiger partial charge in [0.05, 0.1) is 0 Å².